The lowest BCUT2D eigenvalue weighted by molar-refractivity contribution is -0.253. The van der Waals surface area contributed by atoms with Crippen LogP contribution in [0.25, 0.3) is 11.1 Å². The molecule has 6 nitrogen and oxygen atoms in total. The summed E-state index contributed by atoms with van der Waals surface area (Å²) in [6, 6.07) is 34.6. The molecule has 0 saturated carbocycles. The molecule has 1 heterocycles. The summed E-state index contributed by atoms with van der Waals surface area (Å²) in [5.41, 5.74) is 6.97. The Kier molecular flexibility index (Phi) is 11.2. The number of aliphatic hydroxyl groups is 1. The van der Waals surface area contributed by atoms with Gasteiger partial charge >= 0.3 is 0 Å². The van der Waals surface area contributed by atoms with Crippen LogP contribution in [0.1, 0.15) is 59.6 Å². The van der Waals surface area contributed by atoms with Gasteiger partial charge in [0.25, 0.3) is 9.70 Å². The Labute approximate surface area is 279 Å². The average Bonchev–Trinajstić information content (AvgIpc) is 3.07. The highest BCUT2D eigenvalue weighted by Gasteiger charge is 2.33. The normalized spacial score (nSPS) is 19.3. The number of amides is 1. The van der Waals surface area contributed by atoms with Crippen LogP contribution in [0.4, 0.5) is 0 Å². The molecule has 45 heavy (non-hydrogen) atoms. The van der Waals surface area contributed by atoms with Crippen LogP contribution in [0.5, 0.6) is 0 Å². The Bertz CT molecular complexity index is 1550. The van der Waals surface area contributed by atoms with E-state index in [2.05, 4.69) is 48.5 Å². The molecule has 1 aliphatic rings. The van der Waals surface area contributed by atoms with Gasteiger partial charge in [-0.15, -0.1) is 0 Å². The molecule has 0 aliphatic carbocycles. The van der Waals surface area contributed by atoms with Gasteiger partial charge in [0.05, 0.1) is 18.8 Å². The van der Waals surface area contributed by atoms with Gasteiger partial charge in [-0.2, -0.15) is 0 Å². The van der Waals surface area contributed by atoms with Crippen molar-refractivity contribution >= 4 is 40.7 Å². The summed E-state index contributed by atoms with van der Waals surface area (Å²) in [7, 11) is 2.13. The maximum atomic E-state index is 12.0. The van der Waals surface area contributed by atoms with Crippen molar-refractivity contribution < 1.29 is 19.4 Å². The quantitative estimate of drug-likeness (QED) is 0.168. The maximum Gasteiger partial charge on any atom is 0.272 e. The number of alkyl halides is 3. The van der Waals surface area contributed by atoms with Crippen LogP contribution in [-0.4, -0.2) is 39.4 Å². The van der Waals surface area contributed by atoms with E-state index in [-0.39, 0.29) is 31.4 Å². The Morgan fingerprint density at radius 2 is 1.58 bits per heavy atom. The SMILES string of the molecule is CC(c1ccccc1)N(C)CC1CC(c2ccc(CO)cc2)OC(c2ccc(-c3cccc(CNC(=O)C(Cl)(Cl)Cl)c3)cc2)O1. The van der Waals surface area contributed by atoms with E-state index in [0.29, 0.717) is 6.42 Å². The number of hydrogen-bond donors (Lipinski definition) is 2. The number of aliphatic hydroxyl groups excluding tert-OH is 1. The lowest BCUT2D eigenvalue weighted by atomic mass is 9.98. The second kappa shape index (κ2) is 15.1. The molecule has 1 fully saturated rings. The van der Waals surface area contributed by atoms with Crippen LogP contribution in [0.15, 0.2) is 103 Å². The third-order valence-electron chi connectivity index (χ3n) is 8.20. The van der Waals surface area contributed by atoms with E-state index in [0.717, 1.165) is 39.9 Å². The summed E-state index contributed by atoms with van der Waals surface area (Å²) >= 11 is 17.0. The molecule has 0 bridgehead atoms. The standard InChI is InChI=1S/C36H37Cl3N2O4/c1-24(27-8-4-3-5-9-27)41(2)22-32-20-33(29-13-11-25(23-42)12-14-29)45-34(44-32)30-17-15-28(16-18-30)31-10-6-7-26(19-31)21-40-35(43)36(37,38)39/h3-19,24,32-34,42H,20-23H2,1-2H3,(H,40,43). The molecule has 4 atom stereocenters. The largest absolute Gasteiger partial charge is 0.392 e. The van der Waals surface area contributed by atoms with Crippen LogP contribution in [-0.2, 0) is 27.4 Å². The first-order chi connectivity index (χ1) is 21.6. The van der Waals surface area contributed by atoms with Crippen LogP contribution in [0, 0.1) is 0 Å². The number of carbonyl (C=O) groups is 1. The summed E-state index contributed by atoms with van der Waals surface area (Å²) in [5, 5.41) is 12.2. The summed E-state index contributed by atoms with van der Waals surface area (Å²) in [6.45, 7) is 3.18. The molecule has 0 spiro atoms. The third-order valence-corrected chi connectivity index (χ3v) is 8.72. The lowest BCUT2D eigenvalue weighted by Crippen LogP contribution is -2.38. The van der Waals surface area contributed by atoms with Gasteiger partial charge in [-0.25, -0.2) is 0 Å². The van der Waals surface area contributed by atoms with E-state index >= 15 is 0 Å². The van der Waals surface area contributed by atoms with Crippen molar-refractivity contribution in [3.8, 4) is 11.1 Å². The van der Waals surface area contributed by atoms with Crippen molar-refractivity contribution in [2.45, 2.75) is 54.8 Å². The van der Waals surface area contributed by atoms with Crippen LogP contribution in [0.2, 0.25) is 0 Å². The van der Waals surface area contributed by atoms with E-state index in [1.807, 2.05) is 78.9 Å². The minimum absolute atomic E-state index is 0.00118. The molecule has 1 aliphatic heterocycles. The zero-order chi connectivity index (χ0) is 32.0. The summed E-state index contributed by atoms with van der Waals surface area (Å²) < 4.78 is 11.1. The Morgan fingerprint density at radius 3 is 2.24 bits per heavy atom. The lowest BCUT2D eigenvalue weighted by Gasteiger charge is -2.39. The molecule has 4 unspecified atom stereocenters. The zero-order valence-electron chi connectivity index (χ0n) is 25.2. The number of carbonyl (C=O) groups excluding carboxylic acids is 1. The third kappa shape index (κ3) is 8.87. The Balaban J connectivity index is 1.32. The van der Waals surface area contributed by atoms with E-state index in [4.69, 9.17) is 44.3 Å². The Morgan fingerprint density at radius 1 is 0.889 bits per heavy atom. The fourth-order valence-electron chi connectivity index (χ4n) is 5.47. The smallest absolute Gasteiger partial charge is 0.272 e. The number of ether oxygens (including phenoxy) is 2. The van der Waals surface area contributed by atoms with Crippen LogP contribution in [0.3, 0.4) is 0 Å². The summed E-state index contributed by atoms with van der Waals surface area (Å²) in [6.07, 6.45) is -0.0762. The van der Waals surface area contributed by atoms with Crippen molar-refractivity contribution in [2.24, 2.45) is 0 Å². The number of halogens is 3. The zero-order valence-corrected chi connectivity index (χ0v) is 27.5. The highest BCUT2D eigenvalue weighted by Crippen LogP contribution is 2.39. The highest BCUT2D eigenvalue weighted by atomic mass is 35.6. The predicted molar refractivity (Wildman–Crippen MR) is 180 cm³/mol. The first kappa shape index (κ1) is 33.4. The fourth-order valence-corrected chi connectivity index (χ4v) is 5.67. The monoisotopic (exact) mass is 666 g/mol. The topological polar surface area (TPSA) is 71.0 Å². The number of nitrogens with zero attached hydrogens (tertiary/aromatic N) is 1. The first-order valence-corrected chi connectivity index (χ1v) is 16.0. The fraction of sp³-hybridized carbons (Fsp3) is 0.306. The van der Waals surface area contributed by atoms with Crippen molar-refractivity contribution in [3.63, 3.8) is 0 Å². The number of benzene rings is 4. The Hall–Kier alpha value is -2.94. The van der Waals surface area contributed by atoms with Gasteiger partial charge < -0.3 is 19.9 Å². The van der Waals surface area contributed by atoms with Gasteiger partial charge in [-0.3, -0.25) is 9.69 Å². The van der Waals surface area contributed by atoms with E-state index in [1.54, 1.807) is 0 Å². The molecule has 0 radical (unpaired) electrons. The van der Waals surface area contributed by atoms with E-state index in [1.165, 1.54) is 5.56 Å². The van der Waals surface area contributed by atoms with Crippen molar-refractivity contribution in [1.29, 1.82) is 0 Å². The molecule has 4 aromatic carbocycles. The van der Waals surface area contributed by atoms with Crippen LogP contribution >= 0.6 is 34.8 Å². The molecule has 4 aromatic rings. The van der Waals surface area contributed by atoms with Gasteiger partial charge in [-0.1, -0.05) is 132 Å². The minimum Gasteiger partial charge on any atom is -0.392 e. The molecule has 9 heteroatoms. The number of likely N-dealkylation sites (N-methyl/N-ethyl adjacent to an activating group) is 1. The average molecular weight is 668 g/mol. The van der Waals surface area contributed by atoms with Gasteiger partial charge in [-0.05, 0) is 53.4 Å². The second-order valence-electron chi connectivity index (χ2n) is 11.4. The van der Waals surface area contributed by atoms with Crippen molar-refractivity contribution in [1.82, 2.24) is 10.2 Å². The second-order valence-corrected chi connectivity index (χ2v) is 13.7. The van der Waals surface area contributed by atoms with Gasteiger partial charge in [0.1, 0.15) is 0 Å². The minimum atomic E-state index is -2.01. The molecular weight excluding hydrogens is 631 g/mol. The number of hydrogen-bond acceptors (Lipinski definition) is 5. The first-order valence-electron chi connectivity index (χ1n) is 14.9. The molecule has 2 N–H and O–H groups in total. The van der Waals surface area contributed by atoms with Crippen molar-refractivity contribution in [3.05, 3.63) is 131 Å². The van der Waals surface area contributed by atoms with E-state index < -0.39 is 16.0 Å². The highest BCUT2D eigenvalue weighted by molar-refractivity contribution is 6.76. The molecule has 236 valence electrons. The van der Waals surface area contributed by atoms with Gasteiger partial charge in [0.2, 0.25) is 0 Å². The molecule has 5 rings (SSSR count). The van der Waals surface area contributed by atoms with Gasteiger partial charge in [0, 0.05) is 31.1 Å². The summed E-state index contributed by atoms with van der Waals surface area (Å²) in [5.74, 6) is -0.670. The van der Waals surface area contributed by atoms with Crippen LogP contribution < -0.4 is 5.32 Å². The number of rotatable bonds is 10. The van der Waals surface area contributed by atoms with Gasteiger partial charge in [0.15, 0.2) is 6.29 Å². The maximum absolute atomic E-state index is 12.0. The predicted octanol–water partition coefficient (Wildman–Crippen LogP) is 8.07. The summed E-state index contributed by atoms with van der Waals surface area (Å²) in [4.78, 5) is 14.3. The molecule has 1 amide bonds. The number of nitrogens with one attached hydrogen (secondary N) is 1. The molecule has 0 aromatic heterocycles. The molecule has 1 saturated heterocycles. The van der Waals surface area contributed by atoms with Crippen molar-refractivity contribution in [2.75, 3.05) is 13.6 Å². The molecular formula is C36H37Cl3N2O4. The van der Waals surface area contributed by atoms with E-state index in [9.17, 15) is 9.90 Å².